The smallest absolute Gasteiger partial charge is 0.0921 e. The van der Waals surface area contributed by atoms with Crippen molar-refractivity contribution in [2.75, 3.05) is 0 Å². The number of nitrogens with zero attached hydrogens (tertiary/aromatic N) is 1. The average molecular weight is 164 g/mol. The Morgan fingerprint density at radius 3 is 3.08 bits per heavy atom. The van der Waals surface area contributed by atoms with E-state index in [0.717, 1.165) is 0 Å². The van der Waals surface area contributed by atoms with Crippen LogP contribution in [0.1, 0.15) is 30.9 Å². The SMILES string of the molecule is c1ncc(C2CC3CCC2O3)[nH]1. The maximum atomic E-state index is 5.76. The van der Waals surface area contributed by atoms with Crippen LogP contribution in [0.4, 0.5) is 0 Å². The molecule has 64 valence electrons. The maximum absolute atomic E-state index is 5.76. The summed E-state index contributed by atoms with van der Waals surface area (Å²) in [7, 11) is 0. The van der Waals surface area contributed by atoms with E-state index in [1.165, 1.54) is 25.0 Å². The number of rotatable bonds is 1. The van der Waals surface area contributed by atoms with Crippen molar-refractivity contribution in [1.82, 2.24) is 9.97 Å². The van der Waals surface area contributed by atoms with Crippen LogP contribution in [-0.2, 0) is 4.74 Å². The van der Waals surface area contributed by atoms with E-state index in [2.05, 4.69) is 9.97 Å². The van der Waals surface area contributed by atoms with E-state index in [-0.39, 0.29) is 0 Å². The second-order valence-corrected chi connectivity index (χ2v) is 3.72. The van der Waals surface area contributed by atoms with E-state index in [0.29, 0.717) is 18.1 Å². The summed E-state index contributed by atoms with van der Waals surface area (Å²) in [5.41, 5.74) is 1.25. The van der Waals surface area contributed by atoms with Crippen LogP contribution in [0, 0.1) is 0 Å². The fraction of sp³-hybridized carbons (Fsp3) is 0.667. The third-order valence-corrected chi connectivity index (χ3v) is 3.02. The van der Waals surface area contributed by atoms with Gasteiger partial charge >= 0.3 is 0 Å². The molecule has 2 fully saturated rings. The summed E-state index contributed by atoms with van der Waals surface area (Å²) in [6.45, 7) is 0. The minimum Gasteiger partial charge on any atom is -0.374 e. The molecule has 3 unspecified atom stereocenters. The van der Waals surface area contributed by atoms with Gasteiger partial charge in [-0.05, 0) is 19.3 Å². The Balaban J connectivity index is 1.87. The highest BCUT2D eigenvalue weighted by Gasteiger charge is 2.41. The van der Waals surface area contributed by atoms with E-state index in [4.69, 9.17) is 4.74 Å². The summed E-state index contributed by atoms with van der Waals surface area (Å²) >= 11 is 0. The van der Waals surface area contributed by atoms with Gasteiger partial charge in [-0.2, -0.15) is 0 Å². The Labute approximate surface area is 71.2 Å². The number of H-pyrrole nitrogens is 1. The van der Waals surface area contributed by atoms with Gasteiger partial charge in [0.05, 0.1) is 18.5 Å². The molecule has 2 aliphatic heterocycles. The molecule has 1 aromatic rings. The predicted octanol–water partition coefficient (Wildman–Crippen LogP) is 1.44. The number of aromatic nitrogens is 2. The fourth-order valence-electron chi connectivity index (χ4n) is 2.43. The van der Waals surface area contributed by atoms with Crippen LogP contribution < -0.4 is 0 Å². The summed E-state index contributed by atoms with van der Waals surface area (Å²) in [5, 5.41) is 0. The molecule has 2 bridgehead atoms. The van der Waals surface area contributed by atoms with Gasteiger partial charge in [0, 0.05) is 17.8 Å². The predicted molar refractivity (Wildman–Crippen MR) is 43.8 cm³/mol. The highest BCUT2D eigenvalue weighted by Crippen LogP contribution is 2.43. The second-order valence-electron chi connectivity index (χ2n) is 3.72. The van der Waals surface area contributed by atoms with Crippen molar-refractivity contribution in [3.05, 3.63) is 18.2 Å². The van der Waals surface area contributed by atoms with Gasteiger partial charge in [-0.25, -0.2) is 4.98 Å². The molecule has 0 saturated carbocycles. The molecule has 12 heavy (non-hydrogen) atoms. The summed E-state index contributed by atoms with van der Waals surface area (Å²) in [6.07, 6.45) is 8.35. The lowest BCUT2D eigenvalue weighted by Gasteiger charge is -2.16. The van der Waals surface area contributed by atoms with E-state index in [1.807, 2.05) is 6.20 Å². The lowest BCUT2D eigenvalue weighted by molar-refractivity contribution is 0.100. The van der Waals surface area contributed by atoms with Crippen molar-refractivity contribution < 1.29 is 4.74 Å². The van der Waals surface area contributed by atoms with Crippen LogP contribution in [0.3, 0.4) is 0 Å². The molecule has 3 nitrogen and oxygen atoms in total. The zero-order chi connectivity index (χ0) is 7.97. The molecule has 0 aliphatic carbocycles. The Kier molecular flexibility index (Phi) is 1.29. The number of nitrogens with one attached hydrogen (secondary N) is 1. The number of hydrogen-bond acceptors (Lipinski definition) is 2. The van der Waals surface area contributed by atoms with Gasteiger partial charge in [0.1, 0.15) is 0 Å². The highest BCUT2D eigenvalue weighted by molar-refractivity contribution is 5.11. The zero-order valence-electron chi connectivity index (χ0n) is 6.86. The summed E-state index contributed by atoms with van der Waals surface area (Å²) < 4.78 is 5.76. The van der Waals surface area contributed by atoms with Crippen molar-refractivity contribution in [3.63, 3.8) is 0 Å². The fourth-order valence-corrected chi connectivity index (χ4v) is 2.43. The Hall–Kier alpha value is -0.830. The number of aromatic amines is 1. The van der Waals surface area contributed by atoms with Crippen molar-refractivity contribution in [2.45, 2.75) is 37.4 Å². The molecule has 0 spiro atoms. The van der Waals surface area contributed by atoms with Gasteiger partial charge in [0.25, 0.3) is 0 Å². The van der Waals surface area contributed by atoms with Gasteiger partial charge in [0.15, 0.2) is 0 Å². The molecular weight excluding hydrogens is 152 g/mol. The van der Waals surface area contributed by atoms with Crippen LogP contribution in [0.5, 0.6) is 0 Å². The Morgan fingerprint density at radius 2 is 2.50 bits per heavy atom. The molecule has 0 aromatic carbocycles. The van der Waals surface area contributed by atoms with Crippen LogP contribution in [0.25, 0.3) is 0 Å². The Bertz CT molecular complexity index is 270. The van der Waals surface area contributed by atoms with E-state index in [9.17, 15) is 0 Å². The molecule has 1 aromatic heterocycles. The van der Waals surface area contributed by atoms with Crippen molar-refractivity contribution in [3.8, 4) is 0 Å². The summed E-state index contributed by atoms with van der Waals surface area (Å²) in [6, 6.07) is 0. The largest absolute Gasteiger partial charge is 0.374 e. The molecule has 3 atom stereocenters. The van der Waals surface area contributed by atoms with Crippen LogP contribution in [0.2, 0.25) is 0 Å². The quantitative estimate of drug-likeness (QED) is 0.682. The van der Waals surface area contributed by atoms with Gasteiger partial charge < -0.3 is 9.72 Å². The third-order valence-electron chi connectivity index (χ3n) is 3.02. The second kappa shape index (κ2) is 2.33. The topological polar surface area (TPSA) is 37.9 Å². The van der Waals surface area contributed by atoms with Gasteiger partial charge in [0.2, 0.25) is 0 Å². The minimum absolute atomic E-state index is 0.468. The van der Waals surface area contributed by atoms with E-state index >= 15 is 0 Å². The molecule has 3 heteroatoms. The van der Waals surface area contributed by atoms with Crippen molar-refractivity contribution in [1.29, 1.82) is 0 Å². The highest BCUT2D eigenvalue weighted by atomic mass is 16.5. The number of imidazole rings is 1. The van der Waals surface area contributed by atoms with Crippen molar-refractivity contribution in [2.24, 2.45) is 0 Å². The first kappa shape index (κ1) is 6.66. The number of ether oxygens (including phenoxy) is 1. The van der Waals surface area contributed by atoms with E-state index in [1.54, 1.807) is 6.33 Å². The first-order chi connectivity index (χ1) is 5.93. The molecule has 2 aliphatic rings. The van der Waals surface area contributed by atoms with Gasteiger partial charge in [-0.1, -0.05) is 0 Å². The Morgan fingerprint density at radius 1 is 1.50 bits per heavy atom. The zero-order valence-corrected chi connectivity index (χ0v) is 6.86. The maximum Gasteiger partial charge on any atom is 0.0921 e. The number of fused-ring (bicyclic) bond motifs is 2. The van der Waals surface area contributed by atoms with Crippen molar-refractivity contribution >= 4 is 0 Å². The summed E-state index contributed by atoms with van der Waals surface area (Å²) in [5.74, 6) is 0.589. The molecule has 2 saturated heterocycles. The normalized spacial score (nSPS) is 39.2. The first-order valence-corrected chi connectivity index (χ1v) is 4.57. The minimum atomic E-state index is 0.468. The third kappa shape index (κ3) is 0.829. The van der Waals surface area contributed by atoms with Crippen LogP contribution in [0.15, 0.2) is 12.5 Å². The molecule has 1 N–H and O–H groups in total. The average Bonchev–Trinajstić information content (AvgIpc) is 2.81. The van der Waals surface area contributed by atoms with Crippen LogP contribution >= 0.6 is 0 Å². The van der Waals surface area contributed by atoms with E-state index < -0.39 is 0 Å². The van der Waals surface area contributed by atoms with Gasteiger partial charge in [-0.3, -0.25) is 0 Å². The first-order valence-electron chi connectivity index (χ1n) is 4.57. The lowest BCUT2D eigenvalue weighted by Crippen LogP contribution is -2.14. The molecule has 3 heterocycles. The number of hydrogen-bond donors (Lipinski definition) is 1. The lowest BCUT2D eigenvalue weighted by atomic mass is 9.87. The van der Waals surface area contributed by atoms with Crippen LogP contribution in [-0.4, -0.2) is 22.2 Å². The molecule has 0 radical (unpaired) electrons. The standard InChI is InChI=1S/C9H12N2O/c1-2-9-7(3-6(1)12-9)8-4-10-5-11-8/h4-7,9H,1-3H2,(H,10,11). The van der Waals surface area contributed by atoms with Gasteiger partial charge in [-0.15, -0.1) is 0 Å². The molecular formula is C9H12N2O. The molecule has 0 amide bonds. The monoisotopic (exact) mass is 164 g/mol. The summed E-state index contributed by atoms with van der Waals surface area (Å²) in [4.78, 5) is 7.21. The molecule has 3 rings (SSSR count).